The summed E-state index contributed by atoms with van der Waals surface area (Å²) in [7, 11) is 1.92. The number of nitrogens with one attached hydrogen (secondary N) is 2. The quantitative estimate of drug-likeness (QED) is 0.900. The van der Waals surface area contributed by atoms with Gasteiger partial charge in [0.05, 0.1) is 11.4 Å². The molecule has 1 aromatic heterocycles. The average Bonchev–Trinajstić information content (AvgIpc) is 2.87. The lowest BCUT2D eigenvalue weighted by molar-refractivity contribution is 0.203. The van der Waals surface area contributed by atoms with Crippen molar-refractivity contribution in [1.29, 1.82) is 0 Å². The van der Waals surface area contributed by atoms with E-state index in [1.165, 1.54) is 44.9 Å². The van der Waals surface area contributed by atoms with E-state index in [-0.39, 0.29) is 6.03 Å². The van der Waals surface area contributed by atoms with Crippen molar-refractivity contribution in [2.24, 2.45) is 30.7 Å². The SMILES string of the molecule is Cn1cc(NC(=O)NC2CC3CC2C2CCCC32)c(C2CC2)n1. The van der Waals surface area contributed by atoms with Gasteiger partial charge >= 0.3 is 6.03 Å². The molecule has 1 aromatic rings. The number of hydrogen-bond acceptors (Lipinski definition) is 2. The van der Waals surface area contributed by atoms with Gasteiger partial charge in [0.2, 0.25) is 0 Å². The number of aromatic nitrogens is 2. The molecule has 4 fully saturated rings. The predicted octanol–water partition coefficient (Wildman–Crippen LogP) is 3.24. The zero-order chi connectivity index (χ0) is 15.6. The van der Waals surface area contributed by atoms with E-state index < -0.39 is 0 Å². The summed E-state index contributed by atoms with van der Waals surface area (Å²) in [6, 6.07) is 0.354. The first-order valence-electron chi connectivity index (χ1n) is 9.30. The lowest BCUT2D eigenvalue weighted by atomic mass is 9.79. The number of aryl methyl sites for hydroxylation is 1. The maximum absolute atomic E-state index is 12.5. The summed E-state index contributed by atoms with van der Waals surface area (Å²) in [4.78, 5) is 12.5. The molecule has 0 spiro atoms. The lowest BCUT2D eigenvalue weighted by Crippen LogP contribution is -2.44. The van der Waals surface area contributed by atoms with E-state index in [9.17, 15) is 4.79 Å². The van der Waals surface area contributed by atoms with Crippen LogP contribution in [0.4, 0.5) is 10.5 Å². The number of nitrogens with zero attached hydrogens (tertiary/aromatic N) is 2. The first kappa shape index (κ1) is 13.9. The Morgan fingerprint density at radius 2 is 2.00 bits per heavy atom. The van der Waals surface area contributed by atoms with E-state index in [0.29, 0.717) is 12.0 Å². The molecule has 2 bridgehead atoms. The molecule has 0 radical (unpaired) electrons. The van der Waals surface area contributed by atoms with Crippen molar-refractivity contribution in [3.05, 3.63) is 11.9 Å². The molecule has 5 atom stereocenters. The highest BCUT2D eigenvalue weighted by molar-refractivity contribution is 5.90. The second kappa shape index (κ2) is 4.99. The minimum Gasteiger partial charge on any atom is -0.335 e. The Morgan fingerprint density at radius 3 is 2.83 bits per heavy atom. The largest absolute Gasteiger partial charge is 0.335 e. The molecule has 1 heterocycles. The van der Waals surface area contributed by atoms with Crippen LogP contribution >= 0.6 is 0 Å². The maximum Gasteiger partial charge on any atom is 0.319 e. The number of anilines is 1. The Labute approximate surface area is 137 Å². The molecule has 2 N–H and O–H groups in total. The van der Waals surface area contributed by atoms with Crippen molar-refractivity contribution in [2.75, 3.05) is 5.32 Å². The zero-order valence-electron chi connectivity index (χ0n) is 13.8. The van der Waals surface area contributed by atoms with E-state index in [2.05, 4.69) is 15.7 Å². The van der Waals surface area contributed by atoms with Gasteiger partial charge in [0.25, 0.3) is 0 Å². The van der Waals surface area contributed by atoms with E-state index in [1.807, 2.05) is 17.9 Å². The summed E-state index contributed by atoms with van der Waals surface area (Å²) in [5.74, 6) is 4.02. The molecule has 124 valence electrons. The van der Waals surface area contributed by atoms with Crippen LogP contribution in [0.25, 0.3) is 0 Å². The Morgan fingerprint density at radius 1 is 1.17 bits per heavy atom. The normalized spacial score (nSPS) is 37.9. The Kier molecular flexibility index (Phi) is 3.01. The highest BCUT2D eigenvalue weighted by Gasteiger charge is 2.54. The number of rotatable bonds is 3. The molecule has 4 saturated carbocycles. The van der Waals surface area contributed by atoms with Crippen molar-refractivity contribution >= 4 is 11.7 Å². The molecule has 2 amide bonds. The topological polar surface area (TPSA) is 59.0 Å². The number of fused-ring (bicyclic) bond motifs is 5. The van der Waals surface area contributed by atoms with Crippen molar-refractivity contribution in [3.8, 4) is 0 Å². The summed E-state index contributed by atoms with van der Waals surface area (Å²) < 4.78 is 1.81. The summed E-state index contributed by atoms with van der Waals surface area (Å²) in [6.45, 7) is 0. The number of urea groups is 1. The highest BCUT2D eigenvalue weighted by Crippen LogP contribution is 2.58. The van der Waals surface area contributed by atoms with Crippen LogP contribution in [0.5, 0.6) is 0 Å². The van der Waals surface area contributed by atoms with Gasteiger partial charge in [0.1, 0.15) is 0 Å². The molecular formula is C18H26N4O. The molecule has 5 nitrogen and oxygen atoms in total. The third-order valence-electron chi connectivity index (χ3n) is 6.81. The van der Waals surface area contributed by atoms with Crippen molar-refractivity contribution < 1.29 is 4.79 Å². The first-order chi connectivity index (χ1) is 11.2. The van der Waals surface area contributed by atoms with E-state index >= 15 is 0 Å². The monoisotopic (exact) mass is 314 g/mol. The summed E-state index contributed by atoms with van der Waals surface area (Å²) >= 11 is 0. The Bertz CT molecular complexity index is 635. The molecule has 0 saturated heterocycles. The summed E-state index contributed by atoms with van der Waals surface area (Å²) in [5, 5.41) is 10.9. The second-order valence-electron chi connectivity index (χ2n) is 8.23. The van der Waals surface area contributed by atoms with Crippen LogP contribution in [0, 0.1) is 23.7 Å². The number of hydrogen-bond donors (Lipinski definition) is 2. The molecule has 4 aliphatic rings. The molecule has 5 rings (SSSR count). The van der Waals surface area contributed by atoms with Gasteiger partial charge in [-0.3, -0.25) is 4.68 Å². The second-order valence-corrected chi connectivity index (χ2v) is 8.23. The van der Waals surface area contributed by atoms with Crippen LogP contribution in [0.15, 0.2) is 6.20 Å². The van der Waals surface area contributed by atoms with Gasteiger partial charge in [-0.1, -0.05) is 6.42 Å². The Balaban J connectivity index is 1.25. The van der Waals surface area contributed by atoms with E-state index in [4.69, 9.17) is 0 Å². The minimum atomic E-state index is -0.0352. The third kappa shape index (κ3) is 2.27. The van der Waals surface area contributed by atoms with Crippen molar-refractivity contribution in [2.45, 2.75) is 56.9 Å². The van der Waals surface area contributed by atoms with E-state index in [1.54, 1.807) is 0 Å². The van der Waals surface area contributed by atoms with Gasteiger partial charge in [0, 0.05) is 25.2 Å². The molecule has 23 heavy (non-hydrogen) atoms. The predicted molar refractivity (Wildman–Crippen MR) is 88.2 cm³/mol. The fraction of sp³-hybridized carbons (Fsp3) is 0.778. The van der Waals surface area contributed by atoms with Crippen molar-refractivity contribution in [3.63, 3.8) is 0 Å². The Hall–Kier alpha value is -1.52. The zero-order valence-corrected chi connectivity index (χ0v) is 13.8. The highest BCUT2D eigenvalue weighted by atomic mass is 16.2. The van der Waals surface area contributed by atoms with Gasteiger partial charge in [-0.15, -0.1) is 0 Å². The summed E-state index contributed by atoms with van der Waals surface area (Å²) in [6.07, 6.45) is 11.1. The standard InChI is InChI=1S/C18H26N4O/c1-22-9-16(17(21-22)10-5-6-10)20-18(23)19-15-8-11-7-14(15)13-4-2-3-12(11)13/h9-15H,2-8H2,1H3,(H2,19,20,23). The summed E-state index contributed by atoms with van der Waals surface area (Å²) in [5.41, 5.74) is 1.96. The molecule has 4 aliphatic carbocycles. The molecule has 5 unspecified atom stereocenters. The minimum absolute atomic E-state index is 0.0352. The average molecular weight is 314 g/mol. The molecule has 0 aromatic carbocycles. The molecular weight excluding hydrogens is 288 g/mol. The molecule has 0 aliphatic heterocycles. The smallest absolute Gasteiger partial charge is 0.319 e. The first-order valence-corrected chi connectivity index (χ1v) is 9.30. The van der Waals surface area contributed by atoms with Crippen LogP contribution in [-0.4, -0.2) is 21.9 Å². The fourth-order valence-corrected chi connectivity index (χ4v) is 5.82. The van der Waals surface area contributed by atoms with Crippen molar-refractivity contribution in [1.82, 2.24) is 15.1 Å². The third-order valence-corrected chi connectivity index (χ3v) is 6.81. The number of amides is 2. The maximum atomic E-state index is 12.5. The van der Waals surface area contributed by atoms with E-state index in [0.717, 1.165) is 35.1 Å². The molecule has 5 heteroatoms. The number of carbonyl (C=O) groups excluding carboxylic acids is 1. The van der Waals surface area contributed by atoms with Crippen LogP contribution in [0.2, 0.25) is 0 Å². The van der Waals surface area contributed by atoms with Crippen LogP contribution in [-0.2, 0) is 7.05 Å². The van der Waals surface area contributed by atoms with Gasteiger partial charge in [0.15, 0.2) is 0 Å². The van der Waals surface area contributed by atoms with Crippen LogP contribution < -0.4 is 10.6 Å². The van der Waals surface area contributed by atoms with Gasteiger partial charge < -0.3 is 10.6 Å². The van der Waals surface area contributed by atoms with Gasteiger partial charge in [-0.25, -0.2) is 4.79 Å². The van der Waals surface area contributed by atoms with Gasteiger partial charge in [-0.2, -0.15) is 5.10 Å². The lowest BCUT2D eigenvalue weighted by Gasteiger charge is -2.32. The number of carbonyl (C=O) groups is 1. The van der Waals surface area contributed by atoms with Crippen LogP contribution in [0.1, 0.15) is 56.6 Å². The van der Waals surface area contributed by atoms with Crippen LogP contribution in [0.3, 0.4) is 0 Å². The fourth-order valence-electron chi connectivity index (χ4n) is 5.82. The van der Waals surface area contributed by atoms with Gasteiger partial charge in [-0.05, 0) is 62.2 Å².